The summed E-state index contributed by atoms with van der Waals surface area (Å²) in [5.41, 5.74) is 2.57. The highest BCUT2D eigenvalue weighted by molar-refractivity contribution is 6.14. The summed E-state index contributed by atoms with van der Waals surface area (Å²) in [6.45, 7) is 1.91. The Balaban J connectivity index is 3.35. The maximum absolute atomic E-state index is 11.5. The Kier molecular flexibility index (Phi) is 5.11. The number of benzene rings is 1. The van der Waals surface area contributed by atoms with E-state index in [-0.39, 0.29) is 5.57 Å². The third-order valence-corrected chi connectivity index (χ3v) is 2.84. The molecule has 0 saturated carbocycles. The molecule has 0 saturated heterocycles. The highest BCUT2D eigenvalue weighted by atomic mass is 16.5. The largest absolute Gasteiger partial charge is 0.496 e. The van der Waals surface area contributed by atoms with Crippen LogP contribution in [-0.2, 0) is 9.59 Å². The predicted molar refractivity (Wildman–Crippen MR) is 75.4 cm³/mol. The molecule has 1 rings (SSSR count). The molecule has 0 bridgehead atoms. The van der Waals surface area contributed by atoms with Gasteiger partial charge in [-0.1, -0.05) is 0 Å². The fourth-order valence-electron chi connectivity index (χ4n) is 1.85. The molecule has 2 N–H and O–H groups in total. The lowest BCUT2D eigenvalue weighted by Crippen LogP contribution is -2.20. The lowest BCUT2D eigenvalue weighted by molar-refractivity contribution is -0.118. The molecular formula is C14H18N2O3. The van der Waals surface area contributed by atoms with Crippen LogP contribution in [-0.4, -0.2) is 33.4 Å². The number of ether oxygens (including phenoxy) is 1. The summed E-state index contributed by atoms with van der Waals surface area (Å²) < 4.78 is 5.23. The van der Waals surface area contributed by atoms with Crippen molar-refractivity contribution >= 4 is 24.0 Å². The van der Waals surface area contributed by atoms with Crippen LogP contribution in [0.15, 0.2) is 17.7 Å². The Labute approximate surface area is 112 Å². The Morgan fingerprint density at radius 3 is 2.47 bits per heavy atom. The summed E-state index contributed by atoms with van der Waals surface area (Å²) in [6, 6.07) is 3.60. The first-order valence-corrected chi connectivity index (χ1v) is 5.83. The number of methoxy groups -OCH3 is 1. The van der Waals surface area contributed by atoms with Crippen molar-refractivity contribution in [2.75, 3.05) is 26.5 Å². The molecule has 1 aromatic rings. The number of carbonyl (C=O) groups is 2. The minimum atomic E-state index is -0.412. The zero-order chi connectivity index (χ0) is 14.4. The van der Waals surface area contributed by atoms with Crippen molar-refractivity contribution < 1.29 is 14.3 Å². The summed E-state index contributed by atoms with van der Waals surface area (Å²) in [6.07, 6.45) is 2.09. The molecule has 0 spiro atoms. The van der Waals surface area contributed by atoms with Gasteiger partial charge >= 0.3 is 0 Å². The molecule has 0 atom stereocenters. The second-order valence-corrected chi connectivity index (χ2v) is 3.90. The van der Waals surface area contributed by atoms with Gasteiger partial charge in [-0.2, -0.15) is 0 Å². The molecule has 5 heteroatoms. The molecule has 0 unspecified atom stereocenters. The monoisotopic (exact) mass is 262 g/mol. The van der Waals surface area contributed by atoms with Crippen LogP contribution in [0, 0.1) is 6.92 Å². The Hall–Kier alpha value is -2.30. The number of hydrogen-bond acceptors (Lipinski definition) is 4. The zero-order valence-electron chi connectivity index (χ0n) is 11.5. The minimum absolute atomic E-state index is 0.0727. The van der Waals surface area contributed by atoms with E-state index in [4.69, 9.17) is 4.74 Å². The molecule has 1 amide bonds. The summed E-state index contributed by atoms with van der Waals surface area (Å²) in [7, 11) is 4.86. The maximum Gasteiger partial charge on any atom is 0.254 e. The molecule has 19 heavy (non-hydrogen) atoms. The van der Waals surface area contributed by atoms with Crippen molar-refractivity contribution in [2.45, 2.75) is 6.92 Å². The third-order valence-electron chi connectivity index (χ3n) is 2.84. The molecule has 0 aliphatic carbocycles. The lowest BCUT2D eigenvalue weighted by atomic mass is 10.0. The van der Waals surface area contributed by atoms with Gasteiger partial charge in [0, 0.05) is 25.3 Å². The van der Waals surface area contributed by atoms with Gasteiger partial charge in [0.1, 0.15) is 5.75 Å². The maximum atomic E-state index is 11.5. The standard InChI is InChI=1S/C14H18N2O3/c1-9-12(19-4)6-5-10(13(9)15-2)7-11(8-17)14(18)16-3/h5-8,15H,1-4H3,(H,16,18)/b11-7+. The van der Waals surface area contributed by atoms with E-state index in [2.05, 4.69) is 10.6 Å². The smallest absolute Gasteiger partial charge is 0.254 e. The van der Waals surface area contributed by atoms with E-state index in [9.17, 15) is 9.59 Å². The molecule has 0 aliphatic heterocycles. The fraction of sp³-hybridized carbons (Fsp3) is 0.286. The van der Waals surface area contributed by atoms with Crippen LogP contribution in [0.4, 0.5) is 5.69 Å². The average Bonchev–Trinajstić information content (AvgIpc) is 2.44. The number of rotatable bonds is 5. The van der Waals surface area contributed by atoms with Crippen LogP contribution >= 0.6 is 0 Å². The first-order chi connectivity index (χ1) is 9.08. The van der Waals surface area contributed by atoms with Crippen LogP contribution < -0.4 is 15.4 Å². The number of amides is 1. The average molecular weight is 262 g/mol. The van der Waals surface area contributed by atoms with Gasteiger partial charge in [0.05, 0.1) is 12.7 Å². The second-order valence-electron chi connectivity index (χ2n) is 3.90. The minimum Gasteiger partial charge on any atom is -0.496 e. The molecule has 0 fully saturated rings. The Morgan fingerprint density at radius 2 is 2.00 bits per heavy atom. The van der Waals surface area contributed by atoms with Gasteiger partial charge in [0.15, 0.2) is 6.29 Å². The van der Waals surface area contributed by atoms with Crippen LogP contribution in [0.1, 0.15) is 11.1 Å². The molecule has 0 aromatic heterocycles. The van der Waals surface area contributed by atoms with Gasteiger partial charge in [-0.25, -0.2) is 0 Å². The highest BCUT2D eigenvalue weighted by Crippen LogP contribution is 2.30. The SMILES string of the molecule is CNC(=O)/C(C=O)=C/c1ccc(OC)c(C)c1NC. The van der Waals surface area contributed by atoms with Crippen molar-refractivity contribution in [3.05, 3.63) is 28.8 Å². The van der Waals surface area contributed by atoms with Crippen LogP contribution in [0.5, 0.6) is 5.75 Å². The van der Waals surface area contributed by atoms with Crippen LogP contribution in [0.2, 0.25) is 0 Å². The van der Waals surface area contributed by atoms with Gasteiger partial charge in [0.2, 0.25) is 0 Å². The fourth-order valence-corrected chi connectivity index (χ4v) is 1.85. The van der Waals surface area contributed by atoms with E-state index < -0.39 is 5.91 Å². The van der Waals surface area contributed by atoms with Crippen molar-refractivity contribution in [1.82, 2.24) is 5.32 Å². The molecular weight excluding hydrogens is 244 g/mol. The summed E-state index contributed by atoms with van der Waals surface area (Å²) in [4.78, 5) is 22.4. The molecule has 0 radical (unpaired) electrons. The molecule has 5 nitrogen and oxygen atoms in total. The first-order valence-electron chi connectivity index (χ1n) is 5.83. The van der Waals surface area contributed by atoms with E-state index in [1.54, 1.807) is 32.4 Å². The molecule has 1 aromatic carbocycles. The number of hydrogen-bond donors (Lipinski definition) is 2. The van der Waals surface area contributed by atoms with Gasteiger partial charge in [-0.3, -0.25) is 9.59 Å². The summed E-state index contributed by atoms with van der Waals surface area (Å²) in [5, 5.41) is 5.48. The number of anilines is 1. The normalized spacial score (nSPS) is 10.8. The molecule has 0 aliphatic rings. The number of nitrogens with one attached hydrogen (secondary N) is 2. The lowest BCUT2D eigenvalue weighted by Gasteiger charge is -2.13. The van der Waals surface area contributed by atoms with E-state index in [1.807, 2.05) is 6.92 Å². The third kappa shape index (κ3) is 3.13. The summed E-state index contributed by atoms with van der Waals surface area (Å²) in [5.74, 6) is 0.333. The first kappa shape index (κ1) is 14.8. The van der Waals surface area contributed by atoms with Crippen molar-refractivity contribution in [3.63, 3.8) is 0 Å². The Morgan fingerprint density at radius 1 is 1.32 bits per heavy atom. The van der Waals surface area contributed by atoms with E-state index in [0.717, 1.165) is 22.6 Å². The van der Waals surface area contributed by atoms with Crippen molar-refractivity contribution in [2.24, 2.45) is 0 Å². The molecule has 102 valence electrons. The van der Waals surface area contributed by atoms with Crippen molar-refractivity contribution in [3.8, 4) is 5.75 Å². The quantitative estimate of drug-likeness (QED) is 0.364. The van der Waals surface area contributed by atoms with Gasteiger partial charge in [0.25, 0.3) is 5.91 Å². The number of carbonyl (C=O) groups excluding carboxylic acids is 2. The van der Waals surface area contributed by atoms with Crippen molar-refractivity contribution in [1.29, 1.82) is 0 Å². The van der Waals surface area contributed by atoms with Gasteiger partial charge in [-0.05, 0) is 30.7 Å². The predicted octanol–water partition coefficient (Wildman–Crippen LogP) is 1.37. The topological polar surface area (TPSA) is 67.4 Å². The van der Waals surface area contributed by atoms with E-state index >= 15 is 0 Å². The number of likely N-dealkylation sites (N-methyl/N-ethyl adjacent to an activating group) is 1. The highest BCUT2D eigenvalue weighted by Gasteiger charge is 2.11. The van der Waals surface area contributed by atoms with E-state index in [1.165, 1.54) is 7.05 Å². The van der Waals surface area contributed by atoms with Crippen LogP contribution in [0.3, 0.4) is 0 Å². The summed E-state index contributed by atoms with van der Waals surface area (Å²) >= 11 is 0. The Bertz CT molecular complexity index is 522. The number of aldehydes is 1. The zero-order valence-corrected chi connectivity index (χ0v) is 11.5. The second kappa shape index (κ2) is 6.58. The van der Waals surface area contributed by atoms with Gasteiger partial charge in [-0.15, -0.1) is 0 Å². The van der Waals surface area contributed by atoms with E-state index in [0.29, 0.717) is 6.29 Å². The van der Waals surface area contributed by atoms with Crippen LogP contribution in [0.25, 0.3) is 6.08 Å². The van der Waals surface area contributed by atoms with Gasteiger partial charge < -0.3 is 15.4 Å². The molecule has 0 heterocycles.